The van der Waals surface area contributed by atoms with Crippen molar-refractivity contribution in [3.8, 4) is 0 Å². The summed E-state index contributed by atoms with van der Waals surface area (Å²) in [5, 5.41) is 2.66. The molecule has 0 aliphatic carbocycles. The fraction of sp³-hybridized carbons (Fsp3) is 0.471. The minimum Gasteiger partial charge on any atom is -0.343 e. The van der Waals surface area contributed by atoms with Gasteiger partial charge < -0.3 is 11.1 Å². The van der Waals surface area contributed by atoms with Gasteiger partial charge in [0.05, 0.1) is 12.3 Å². The largest absolute Gasteiger partial charge is 0.343 e. The molecule has 0 bridgehead atoms. The van der Waals surface area contributed by atoms with Crippen molar-refractivity contribution >= 4 is 30.1 Å². The van der Waals surface area contributed by atoms with Crippen molar-refractivity contribution in [3.63, 3.8) is 0 Å². The van der Waals surface area contributed by atoms with E-state index in [9.17, 15) is 14.4 Å². The van der Waals surface area contributed by atoms with Crippen LogP contribution in [0.1, 0.15) is 38.8 Å². The standard InChI is InChI=1S/C17H23N3O3.ClH/c1-10(2)20-14(21)9-13(17(20)23)19-16(22)11(3)15(18)12-7-5-4-6-8-12;/h4-8,10-11,13,15H,9,18H2,1-3H3,(H,19,22);1H. The predicted octanol–water partition coefficient (Wildman–Crippen LogP) is 1.40. The number of hydrogen-bond donors (Lipinski definition) is 2. The summed E-state index contributed by atoms with van der Waals surface area (Å²) < 4.78 is 0. The van der Waals surface area contributed by atoms with Crippen LogP contribution in [-0.4, -0.2) is 34.7 Å². The number of hydrogen-bond acceptors (Lipinski definition) is 4. The first-order valence-electron chi connectivity index (χ1n) is 7.79. The summed E-state index contributed by atoms with van der Waals surface area (Å²) in [7, 11) is 0. The third kappa shape index (κ3) is 4.13. The molecule has 1 heterocycles. The van der Waals surface area contributed by atoms with Crippen LogP contribution in [0.3, 0.4) is 0 Å². The first kappa shape index (κ1) is 20.1. The highest BCUT2D eigenvalue weighted by atomic mass is 35.5. The van der Waals surface area contributed by atoms with Crippen molar-refractivity contribution < 1.29 is 14.4 Å². The minimum atomic E-state index is -0.789. The number of halogens is 1. The van der Waals surface area contributed by atoms with Crippen molar-refractivity contribution in [3.05, 3.63) is 35.9 Å². The van der Waals surface area contributed by atoms with Crippen LogP contribution in [0.5, 0.6) is 0 Å². The second-order valence-electron chi connectivity index (χ2n) is 6.19. The molecule has 132 valence electrons. The van der Waals surface area contributed by atoms with E-state index in [2.05, 4.69) is 5.32 Å². The van der Waals surface area contributed by atoms with E-state index < -0.39 is 18.0 Å². The van der Waals surface area contributed by atoms with Gasteiger partial charge in [-0.05, 0) is 19.4 Å². The van der Waals surface area contributed by atoms with Crippen LogP contribution >= 0.6 is 12.4 Å². The highest BCUT2D eigenvalue weighted by molar-refractivity contribution is 6.07. The molecule has 1 aliphatic rings. The van der Waals surface area contributed by atoms with Crippen LogP contribution in [0.4, 0.5) is 0 Å². The lowest BCUT2D eigenvalue weighted by Gasteiger charge is -2.22. The molecule has 0 saturated carbocycles. The van der Waals surface area contributed by atoms with Gasteiger partial charge >= 0.3 is 0 Å². The Morgan fingerprint density at radius 2 is 1.79 bits per heavy atom. The Hall–Kier alpha value is -1.92. The fourth-order valence-electron chi connectivity index (χ4n) is 2.74. The number of likely N-dealkylation sites (tertiary alicyclic amines) is 1. The summed E-state index contributed by atoms with van der Waals surface area (Å²) in [4.78, 5) is 37.7. The zero-order valence-corrected chi connectivity index (χ0v) is 14.9. The molecule has 1 aromatic carbocycles. The van der Waals surface area contributed by atoms with Crippen LogP contribution in [0.25, 0.3) is 0 Å². The molecule has 7 heteroatoms. The monoisotopic (exact) mass is 353 g/mol. The molecule has 1 saturated heterocycles. The molecule has 3 atom stereocenters. The van der Waals surface area contributed by atoms with Crippen molar-refractivity contribution in [2.24, 2.45) is 11.7 Å². The predicted molar refractivity (Wildman–Crippen MR) is 93.3 cm³/mol. The third-order valence-electron chi connectivity index (χ3n) is 4.15. The molecule has 1 aromatic rings. The maximum Gasteiger partial charge on any atom is 0.252 e. The van der Waals surface area contributed by atoms with Crippen molar-refractivity contribution in [1.82, 2.24) is 10.2 Å². The van der Waals surface area contributed by atoms with Gasteiger partial charge in [0.2, 0.25) is 11.8 Å². The molecule has 6 nitrogen and oxygen atoms in total. The van der Waals surface area contributed by atoms with Crippen LogP contribution in [0.15, 0.2) is 30.3 Å². The maximum atomic E-state index is 12.4. The Morgan fingerprint density at radius 3 is 2.29 bits per heavy atom. The van der Waals surface area contributed by atoms with Gasteiger partial charge in [0.1, 0.15) is 6.04 Å². The van der Waals surface area contributed by atoms with Crippen molar-refractivity contribution in [2.45, 2.75) is 45.3 Å². The Kier molecular flexibility index (Phi) is 6.93. The number of rotatable bonds is 5. The molecular formula is C17H24ClN3O3. The maximum absolute atomic E-state index is 12.4. The summed E-state index contributed by atoms with van der Waals surface area (Å²) in [5.41, 5.74) is 6.98. The van der Waals surface area contributed by atoms with E-state index in [-0.39, 0.29) is 42.6 Å². The van der Waals surface area contributed by atoms with Gasteiger partial charge in [-0.1, -0.05) is 37.3 Å². The molecule has 0 spiro atoms. The minimum absolute atomic E-state index is 0. The lowest BCUT2D eigenvalue weighted by Crippen LogP contribution is -2.46. The van der Waals surface area contributed by atoms with Gasteiger partial charge in [-0.15, -0.1) is 12.4 Å². The number of amides is 3. The highest BCUT2D eigenvalue weighted by Crippen LogP contribution is 2.21. The zero-order valence-electron chi connectivity index (χ0n) is 14.1. The smallest absolute Gasteiger partial charge is 0.252 e. The van der Waals surface area contributed by atoms with Crippen molar-refractivity contribution in [1.29, 1.82) is 0 Å². The Bertz CT molecular complexity index is 606. The van der Waals surface area contributed by atoms with Crippen LogP contribution in [0.2, 0.25) is 0 Å². The first-order valence-corrected chi connectivity index (χ1v) is 7.79. The SMILES string of the molecule is CC(C(=O)NC1CC(=O)N(C(C)C)C1=O)C(N)c1ccccc1.Cl. The number of carbonyl (C=O) groups excluding carboxylic acids is 3. The summed E-state index contributed by atoms with van der Waals surface area (Å²) in [6.45, 7) is 5.26. The molecule has 0 aromatic heterocycles. The van der Waals surface area contributed by atoms with Crippen molar-refractivity contribution in [2.75, 3.05) is 0 Å². The number of nitrogens with zero attached hydrogens (tertiary/aromatic N) is 1. The van der Waals surface area contributed by atoms with E-state index in [0.717, 1.165) is 5.56 Å². The van der Waals surface area contributed by atoms with E-state index in [0.29, 0.717) is 0 Å². The lowest BCUT2D eigenvalue weighted by atomic mass is 9.94. The fourth-order valence-corrected chi connectivity index (χ4v) is 2.74. The highest BCUT2D eigenvalue weighted by Gasteiger charge is 2.41. The third-order valence-corrected chi connectivity index (χ3v) is 4.15. The second kappa shape index (κ2) is 8.26. The Morgan fingerprint density at radius 1 is 1.21 bits per heavy atom. The van der Waals surface area contributed by atoms with E-state index in [1.165, 1.54) is 4.90 Å². The average Bonchev–Trinajstić information content (AvgIpc) is 2.80. The summed E-state index contributed by atoms with van der Waals surface area (Å²) in [5.74, 6) is -1.43. The molecule has 24 heavy (non-hydrogen) atoms. The molecule has 2 rings (SSSR count). The average molecular weight is 354 g/mol. The number of benzene rings is 1. The number of nitrogens with two attached hydrogens (primary N) is 1. The molecular weight excluding hydrogens is 330 g/mol. The summed E-state index contributed by atoms with van der Waals surface area (Å²) in [6, 6.07) is 7.86. The molecule has 3 unspecified atom stereocenters. The molecule has 3 N–H and O–H groups in total. The Labute approximate surface area is 148 Å². The molecule has 3 amide bonds. The van der Waals surface area contributed by atoms with Gasteiger partial charge in [-0.2, -0.15) is 0 Å². The Balaban J connectivity index is 0.00000288. The van der Waals surface area contributed by atoms with E-state index >= 15 is 0 Å². The molecule has 0 radical (unpaired) electrons. The van der Waals surface area contributed by atoms with Gasteiger partial charge in [-0.3, -0.25) is 19.3 Å². The van der Waals surface area contributed by atoms with Crippen LogP contribution < -0.4 is 11.1 Å². The number of carbonyl (C=O) groups is 3. The normalized spacial score (nSPS) is 19.9. The topological polar surface area (TPSA) is 92.5 Å². The quantitative estimate of drug-likeness (QED) is 0.782. The summed E-state index contributed by atoms with van der Waals surface area (Å²) >= 11 is 0. The summed E-state index contributed by atoms with van der Waals surface area (Å²) in [6.07, 6.45) is 0.00997. The molecule has 1 fully saturated rings. The van der Waals surface area contributed by atoms with Gasteiger partial charge in [-0.25, -0.2) is 0 Å². The zero-order chi connectivity index (χ0) is 17.1. The molecule has 1 aliphatic heterocycles. The van der Waals surface area contributed by atoms with Crippen LogP contribution in [-0.2, 0) is 14.4 Å². The van der Waals surface area contributed by atoms with E-state index in [1.54, 1.807) is 20.8 Å². The first-order chi connectivity index (χ1) is 10.8. The van der Waals surface area contributed by atoms with Gasteiger partial charge in [0, 0.05) is 12.1 Å². The second-order valence-corrected chi connectivity index (χ2v) is 6.19. The lowest BCUT2D eigenvalue weighted by molar-refractivity contribution is -0.141. The van der Waals surface area contributed by atoms with E-state index in [1.807, 2.05) is 30.3 Å². The van der Waals surface area contributed by atoms with Crippen LogP contribution in [0, 0.1) is 5.92 Å². The number of nitrogens with one attached hydrogen (secondary N) is 1. The number of imide groups is 1. The van der Waals surface area contributed by atoms with E-state index in [4.69, 9.17) is 5.73 Å². The van der Waals surface area contributed by atoms with Gasteiger partial charge in [0.25, 0.3) is 5.91 Å². The van der Waals surface area contributed by atoms with Gasteiger partial charge in [0.15, 0.2) is 0 Å².